The lowest BCUT2D eigenvalue weighted by atomic mass is 10.2. The summed E-state index contributed by atoms with van der Waals surface area (Å²) in [6, 6.07) is 9.24. The van der Waals surface area contributed by atoms with Crippen molar-refractivity contribution in [2.24, 2.45) is 5.10 Å². The summed E-state index contributed by atoms with van der Waals surface area (Å²) >= 11 is 6.04. The van der Waals surface area contributed by atoms with Gasteiger partial charge in [0.15, 0.2) is 11.5 Å². The van der Waals surface area contributed by atoms with E-state index in [1.807, 2.05) is 6.92 Å². The molecular formula is C21H23ClFN3O4. The van der Waals surface area contributed by atoms with Gasteiger partial charge >= 0.3 is 11.8 Å². The smallest absolute Gasteiger partial charge is 0.329 e. The molecule has 160 valence electrons. The first-order chi connectivity index (χ1) is 14.4. The number of para-hydroxylation sites is 1. The summed E-state index contributed by atoms with van der Waals surface area (Å²) in [7, 11) is 1.46. The lowest BCUT2D eigenvalue weighted by molar-refractivity contribution is -0.139. The van der Waals surface area contributed by atoms with Gasteiger partial charge in [0.2, 0.25) is 0 Å². The van der Waals surface area contributed by atoms with Crippen LogP contribution in [0.15, 0.2) is 41.5 Å². The van der Waals surface area contributed by atoms with Crippen LogP contribution in [0.25, 0.3) is 0 Å². The van der Waals surface area contributed by atoms with Gasteiger partial charge in [-0.1, -0.05) is 30.7 Å². The molecule has 0 aliphatic heterocycles. The number of rotatable bonds is 8. The number of hydrazone groups is 1. The number of nitrogens with zero attached hydrogens (tertiary/aromatic N) is 1. The van der Waals surface area contributed by atoms with Crippen LogP contribution in [0.1, 0.15) is 31.4 Å². The van der Waals surface area contributed by atoms with Gasteiger partial charge in [0.05, 0.1) is 18.3 Å². The minimum atomic E-state index is -0.893. The lowest BCUT2D eigenvalue weighted by Gasteiger charge is -2.14. The molecule has 0 unspecified atom stereocenters. The number of halogens is 2. The highest BCUT2D eigenvalue weighted by atomic mass is 35.5. The first-order valence-electron chi connectivity index (χ1n) is 9.23. The molecule has 2 aromatic carbocycles. The predicted molar refractivity (Wildman–Crippen MR) is 112 cm³/mol. The van der Waals surface area contributed by atoms with Gasteiger partial charge in [0, 0.05) is 17.2 Å². The van der Waals surface area contributed by atoms with Crippen LogP contribution in [0.3, 0.4) is 0 Å². The molecule has 9 heteroatoms. The summed E-state index contributed by atoms with van der Waals surface area (Å²) in [5, 5.41) is 6.58. The highest BCUT2D eigenvalue weighted by Crippen LogP contribution is 2.32. The topological polar surface area (TPSA) is 89.0 Å². The second-order valence-corrected chi connectivity index (χ2v) is 6.76. The largest absolute Gasteiger partial charge is 0.493 e. The van der Waals surface area contributed by atoms with E-state index in [9.17, 15) is 14.0 Å². The molecule has 30 heavy (non-hydrogen) atoms. The zero-order valence-corrected chi connectivity index (χ0v) is 17.6. The molecule has 0 saturated carbocycles. The lowest BCUT2D eigenvalue weighted by Crippen LogP contribution is -2.41. The second kappa shape index (κ2) is 11.2. The third kappa shape index (κ3) is 6.18. The normalized spacial score (nSPS) is 11.8. The maximum atomic E-state index is 14.0. The van der Waals surface area contributed by atoms with Crippen LogP contribution in [0.5, 0.6) is 11.5 Å². The van der Waals surface area contributed by atoms with Gasteiger partial charge in [-0.25, -0.2) is 9.82 Å². The predicted octanol–water partition coefficient (Wildman–Crippen LogP) is 3.43. The average Bonchev–Trinajstić information content (AvgIpc) is 2.73. The molecule has 0 aliphatic rings. The summed E-state index contributed by atoms with van der Waals surface area (Å²) in [5.74, 6) is -1.51. The Morgan fingerprint density at radius 1 is 1.23 bits per heavy atom. The fourth-order valence-corrected chi connectivity index (χ4v) is 2.58. The van der Waals surface area contributed by atoms with Gasteiger partial charge in [-0.15, -0.1) is 0 Å². The van der Waals surface area contributed by atoms with E-state index in [0.29, 0.717) is 17.7 Å². The van der Waals surface area contributed by atoms with Crippen LogP contribution < -0.4 is 20.2 Å². The summed E-state index contributed by atoms with van der Waals surface area (Å²) in [6.07, 6.45) is 1.99. The molecule has 0 aliphatic carbocycles. The van der Waals surface area contributed by atoms with E-state index in [1.165, 1.54) is 25.5 Å². The summed E-state index contributed by atoms with van der Waals surface area (Å²) in [5.41, 5.74) is 2.80. The Morgan fingerprint density at radius 2 is 1.97 bits per heavy atom. The summed E-state index contributed by atoms with van der Waals surface area (Å²) in [4.78, 5) is 23.6. The molecule has 0 heterocycles. The molecule has 7 nitrogen and oxygen atoms in total. The molecular weight excluding hydrogens is 413 g/mol. The number of hydrogen-bond donors (Lipinski definition) is 2. The number of carbonyl (C=O) groups is 2. The highest BCUT2D eigenvalue weighted by Gasteiger charge is 2.15. The highest BCUT2D eigenvalue weighted by molar-refractivity contribution is 6.35. The van der Waals surface area contributed by atoms with Crippen LogP contribution in [0.2, 0.25) is 5.02 Å². The maximum absolute atomic E-state index is 14.0. The SMILES string of the molecule is CC[C@H](C)NC(=O)C(=O)N/N=C\c1cccc(OC)c1OCc1c(F)cccc1Cl. The first-order valence-corrected chi connectivity index (χ1v) is 9.61. The fraction of sp³-hybridized carbons (Fsp3) is 0.286. The van der Waals surface area contributed by atoms with E-state index in [2.05, 4.69) is 15.8 Å². The van der Waals surface area contributed by atoms with Crippen LogP contribution >= 0.6 is 11.6 Å². The van der Waals surface area contributed by atoms with Crippen LogP contribution in [-0.2, 0) is 16.2 Å². The van der Waals surface area contributed by atoms with Crippen molar-refractivity contribution in [1.82, 2.24) is 10.7 Å². The molecule has 0 bridgehead atoms. The van der Waals surface area contributed by atoms with Crippen molar-refractivity contribution in [2.45, 2.75) is 32.9 Å². The van der Waals surface area contributed by atoms with Crippen LogP contribution in [0, 0.1) is 5.82 Å². The fourth-order valence-electron chi connectivity index (χ4n) is 2.37. The summed E-state index contributed by atoms with van der Waals surface area (Å²) < 4.78 is 25.1. The number of ether oxygens (including phenoxy) is 2. The average molecular weight is 436 g/mol. The zero-order valence-electron chi connectivity index (χ0n) is 16.9. The number of amides is 2. The van der Waals surface area contributed by atoms with Crippen LogP contribution in [0.4, 0.5) is 4.39 Å². The quantitative estimate of drug-likeness (QED) is 0.377. The minimum Gasteiger partial charge on any atom is -0.493 e. The Morgan fingerprint density at radius 3 is 2.63 bits per heavy atom. The molecule has 0 radical (unpaired) electrons. The van der Waals surface area contributed by atoms with Crippen molar-refractivity contribution in [3.63, 3.8) is 0 Å². The zero-order chi connectivity index (χ0) is 22.1. The Kier molecular flexibility index (Phi) is 8.61. The molecule has 2 aromatic rings. The first kappa shape index (κ1) is 23.2. The standard InChI is InChI=1S/C21H23ClFN3O4/c1-4-13(2)25-20(27)21(28)26-24-11-14-7-5-10-18(29-3)19(14)30-12-15-16(22)8-6-9-17(15)23/h5-11,13H,4,12H2,1-3H3,(H,25,27)(H,26,28)/b24-11-/t13-/m0/s1. The number of methoxy groups -OCH3 is 1. The van der Waals surface area contributed by atoms with E-state index in [0.717, 1.165) is 0 Å². The van der Waals surface area contributed by atoms with E-state index in [-0.39, 0.29) is 29.0 Å². The van der Waals surface area contributed by atoms with Gasteiger partial charge in [0.1, 0.15) is 12.4 Å². The van der Waals surface area contributed by atoms with Crippen molar-refractivity contribution >= 4 is 29.6 Å². The van der Waals surface area contributed by atoms with E-state index >= 15 is 0 Å². The van der Waals surface area contributed by atoms with Crippen molar-refractivity contribution < 1.29 is 23.5 Å². The van der Waals surface area contributed by atoms with E-state index in [4.69, 9.17) is 21.1 Å². The number of carbonyl (C=O) groups excluding carboxylic acids is 2. The Hall–Kier alpha value is -3.13. The molecule has 0 fully saturated rings. The van der Waals surface area contributed by atoms with E-state index < -0.39 is 17.6 Å². The van der Waals surface area contributed by atoms with Gasteiger partial charge in [-0.05, 0) is 37.6 Å². The monoisotopic (exact) mass is 435 g/mol. The van der Waals surface area contributed by atoms with Crippen molar-refractivity contribution in [1.29, 1.82) is 0 Å². The molecule has 0 saturated heterocycles. The molecule has 2 N–H and O–H groups in total. The van der Waals surface area contributed by atoms with Gasteiger partial charge in [-0.2, -0.15) is 5.10 Å². The maximum Gasteiger partial charge on any atom is 0.329 e. The van der Waals surface area contributed by atoms with Crippen molar-refractivity contribution in [3.8, 4) is 11.5 Å². The molecule has 0 spiro atoms. The van der Waals surface area contributed by atoms with Crippen molar-refractivity contribution in [3.05, 3.63) is 58.4 Å². The summed E-state index contributed by atoms with van der Waals surface area (Å²) in [6.45, 7) is 3.53. The number of hydrogen-bond acceptors (Lipinski definition) is 5. The van der Waals surface area contributed by atoms with Crippen LogP contribution in [-0.4, -0.2) is 31.2 Å². The Labute approximate surface area is 179 Å². The number of nitrogens with one attached hydrogen (secondary N) is 2. The molecule has 0 aromatic heterocycles. The second-order valence-electron chi connectivity index (χ2n) is 6.35. The van der Waals surface area contributed by atoms with Gasteiger partial charge < -0.3 is 14.8 Å². The Balaban J connectivity index is 2.14. The third-order valence-corrected chi connectivity index (χ3v) is 4.57. The Bertz CT molecular complexity index is 916. The molecule has 2 rings (SSSR count). The van der Waals surface area contributed by atoms with Gasteiger partial charge in [0.25, 0.3) is 0 Å². The van der Waals surface area contributed by atoms with Crippen molar-refractivity contribution in [2.75, 3.05) is 7.11 Å². The van der Waals surface area contributed by atoms with E-state index in [1.54, 1.807) is 31.2 Å². The van der Waals surface area contributed by atoms with Gasteiger partial charge in [-0.3, -0.25) is 9.59 Å². The molecule has 1 atom stereocenters. The molecule has 2 amide bonds. The minimum absolute atomic E-state index is 0.129. The number of benzene rings is 2. The third-order valence-electron chi connectivity index (χ3n) is 4.22.